The normalized spacial score (nSPS) is 11.6. The number of sulfonamides is 1. The molecular weight excluding hydrogens is 530 g/mol. The first kappa shape index (κ1) is 26.5. The van der Waals surface area contributed by atoms with Gasteiger partial charge in [-0.3, -0.25) is 14.5 Å². The zero-order valence-electron chi connectivity index (χ0n) is 21.6. The fourth-order valence-electron chi connectivity index (χ4n) is 4.26. The van der Waals surface area contributed by atoms with E-state index in [1.165, 1.54) is 31.5 Å². The molecule has 1 heterocycles. The Kier molecular flexibility index (Phi) is 7.26. The minimum absolute atomic E-state index is 0.108. The summed E-state index contributed by atoms with van der Waals surface area (Å²) in [6, 6.07) is 26.2. The third-order valence-corrected chi connectivity index (χ3v) is 7.62. The molecule has 0 aliphatic rings. The molecule has 10 heteroatoms. The number of aromatic hydroxyl groups is 1. The van der Waals surface area contributed by atoms with Crippen LogP contribution in [-0.2, 0) is 10.0 Å². The van der Waals surface area contributed by atoms with Gasteiger partial charge >= 0.3 is 0 Å². The molecular formula is C30H25N3O6S. The van der Waals surface area contributed by atoms with Crippen molar-refractivity contribution in [2.24, 2.45) is 4.99 Å². The van der Waals surface area contributed by atoms with Crippen LogP contribution in [0.25, 0.3) is 16.5 Å². The van der Waals surface area contributed by atoms with Crippen LogP contribution in [0.3, 0.4) is 0 Å². The van der Waals surface area contributed by atoms with Crippen LogP contribution >= 0.6 is 0 Å². The average Bonchev–Trinajstić information content (AvgIpc) is 2.98. The third kappa shape index (κ3) is 5.12. The number of para-hydroxylation sites is 2. The van der Waals surface area contributed by atoms with Gasteiger partial charge in [-0.25, -0.2) is 13.0 Å². The van der Waals surface area contributed by atoms with E-state index >= 15 is 0 Å². The maximum Gasteiger partial charge on any atom is 0.265 e. The minimum atomic E-state index is -4.07. The quantitative estimate of drug-likeness (QED) is 0.252. The van der Waals surface area contributed by atoms with Crippen LogP contribution < -0.4 is 19.8 Å². The van der Waals surface area contributed by atoms with Crippen LogP contribution in [0.1, 0.15) is 5.56 Å². The van der Waals surface area contributed by atoms with E-state index in [4.69, 9.17) is 9.47 Å². The average molecular weight is 556 g/mol. The zero-order chi connectivity index (χ0) is 28.3. The van der Waals surface area contributed by atoms with Gasteiger partial charge in [0.2, 0.25) is 5.88 Å². The molecule has 0 saturated heterocycles. The molecule has 2 N–H and O–H groups in total. The standard InChI is InChI=1S/C30H25N3O6S/c1-38-22-16-14-20(15-17-22)31-19-26-24-10-3-4-11-25(24)29(34)33(30(26)35)21-8-7-9-23(18-21)40(36,37)32-27-12-5-6-13-28(27)39-2/h3-19,32,35H,1-2H3. The molecule has 0 aliphatic carbocycles. The lowest BCUT2D eigenvalue weighted by Crippen LogP contribution is -2.21. The van der Waals surface area contributed by atoms with Crippen molar-refractivity contribution in [1.29, 1.82) is 0 Å². The summed E-state index contributed by atoms with van der Waals surface area (Å²) in [6.45, 7) is 0. The van der Waals surface area contributed by atoms with E-state index in [0.717, 1.165) is 4.57 Å². The Morgan fingerprint density at radius 1 is 0.850 bits per heavy atom. The van der Waals surface area contributed by atoms with E-state index in [9.17, 15) is 18.3 Å². The van der Waals surface area contributed by atoms with Crippen LogP contribution in [0.4, 0.5) is 11.4 Å². The fourth-order valence-corrected chi connectivity index (χ4v) is 5.37. The van der Waals surface area contributed by atoms with Crippen molar-refractivity contribution >= 4 is 38.4 Å². The summed E-state index contributed by atoms with van der Waals surface area (Å²) in [4.78, 5) is 17.9. The number of nitrogens with zero attached hydrogens (tertiary/aromatic N) is 2. The van der Waals surface area contributed by atoms with Gasteiger partial charge in [0.1, 0.15) is 11.5 Å². The molecule has 0 radical (unpaired) electrons. The highest BCUT2D eigenvalue weighted by Crippen LogP contribution is 2.29. The molecule has 1 aromatic heterocycles. The molecule has 5 rings (SSSR count). The Balaban J connectivity index is 1.61. The predicted octanol–water partition coefficient (Wildman–Crippen LogP) is 5.26. The largest absolute Gasteiger partial charge is 0.497 e. The molecule has 5 aromatic rings. The van der Waals surface area contributed by atoms with Crippen molar-refractivity contribution in [3.05, 3.63) is 113 Å². The summed E-state index contributed by atoms with van der Waals surface area (Å²) in [6.07, 6.45) is 1.47. The Bertz CT molecular complexity index is 1900. The first-order valence-electron chi connectivity index (χ1n) is 12.1. The van der Waals surface area contributed by atoms with Crippen molar-refractivity contribution in [2.75, 3.05) is 18.9 Å². The maximum atomic E-state index is 13.5. The van der Waals surface area contributed by atoms with E-state index in [2.05, 4.69) is 9.71 Å². The van der Waals surface area contributed by atoms with Crippen molar-refractivity contribution in [3.8, 4) is 23.1 Å². The number of fused-ring (bicyclic) bond motifs is 1. The van der Waals surface area contributed by atoms with Crippen LogP contribution in [0.5, 0.6) is 17.4 Å². The molecule has 202 valence electrons. The highest BCUT2D eigenvalue weighted by atomic mass is 32.2. The number of benzene rings is 4. The van der Waals surface area contributed by atoms with Gasteiger partial charge in [-0.05, 0) is 60.7 Å². The smallest absolute Gasteiger partial charge is 0.265 e. The summed E-state index contributed by atoms with van der Waals surface area (Å²) in [5.74, 6) is 0.649. The van der Waals surface area contributed by atoms with Gasteiger partial charge in [0.15, 0.2) is 0 Å². The summed E-state index contributed by atoms with van der Waals surface area (Å²) < 4.78 is 40.5. The monoisotopic (exact) mass is 555 g/mol. The second-order valence-electron chi connectivity index (χ2n) is 8.68. The lowest BCUT2D eigenvalue weighted by atomic mass is 10.1. The second kappa shape index (κ2) is 11.0. The van der Waals surface area contributed by atoms with Gasteiger partial charge in [0.05, 0.1) is 41.7 Å². The first-order chi connectivity index (χ1) is 19.3. The Morgan fingerprint density at radius 2 is 1.55 bits per heavy atom. The topological polar surface area (TPSA) is 119 Å². The van der Waals surface area contributed by atoms with E-state index in [1.807, 2.05) is 0 Å². The Labute approximate surface area is 230 Å². The summed E-state index contributed by atoms with van der Waals surface area (Å²) in [7, 11) is -1.06. The first-order valence-corrected chi connectivity index (χ1v) is 13.6. The molecule has 0 spiro atoms. The van der Waals surface area contributed by atoms with Gasteiger partial charge in [0.25, 0.3) is 15.6 Å². The third-order valence-electron chi connectivity index (χ3n) is 6.26. The van der Waals surface area contributed by atoms with Crippen molar-refractivity contribution in [2.45, 2.75) is 4.90 Å². The zero-order valence-corrected chi connectivity index (χ0v) is 22.4. The maximum absolute atomic E-state index is 13.5. The van der Waals surface area contributed by atoms with Crippen LogP contribution in [0.2, 0.25) is 0 Å². The lowest BCUT2D eigenvalue weighted by Gasteiger charge is -2.15. The number of hydrogen-bond acceptors (Lipinski definition) is 7. The van der Waals surface area contributed by atoms with Crippen LogP contribution in [0, 0.1) is 0 Å². The number of aliphatic imine (C=N–C) groups is 1. The van der Waals surface area contributed by atoms with Crippen LogP contribution in [0.15, 0.2) is 112 Å². The van der Waals surface area contributed by atoms with Gasteiger partial charge in [-0.2, -0.15) is 0 Å². The van der Waals surface area contributed by atoms with E-state index in [1.54, 1.807) is 86.0 Å². The van der Waals surface area contributed by atoms with Crippen molar-refractivity contribution in [1.82, 2.24) is 4.57 Å². The number of rotatable bonds is 8. The lowest BCUT2D eigenvalue weighted by molar-refractivity contribution is 0.415. The number of nitrogens with one attached hydrogen (secondary N) is 1. The number of hydrogen-bond donors (Lipinski definition) is 2. The molecule has 0 saturated carbocycles. The van der Waals surface area contributed by atoms with Gasteiger partial charge < -0.3 is 14.6 Å². The Hall–Kier alpha value is -5.09. The molecule has 0 unspecified atom stereocenters. The van der Waals surface area contributed by atoms with Crippen molar-refractivity contribution in [3.63, 3.8) is 0 Å². The SMILES string of the molecule is COc1ccc(N=Cc2c(O)n(-c3cccc(S(=O)(=O)Nc4ccccc4OC)c3)c(=O)c3ccccc23)cc1. The molecule has 0 fully saturated rings. The number of methoxy groups -OCH3 is 2. The molecule has 40 heavy (non-hydrogen) atoms. The Morgan fingerprint density at radius 3 is 2.27 bits per heavy atom. The van der Waals surface area contributed by atoms with Gasteiger partial charge in [-0.1, -0.05) is 36.4 Å². The van der Waals surface area contributed by atoms with E-state index in [-0.39, 0.29) is 22.2 Å². The summed E-state index contributed by atoms with van der Waals surface area (Å²) >= 11 is 0. The fraction of sp³-hybridized carbons (Fsp3) is 0.0667. The van der Waals surface area contributed by atoms with Gasteiger partial charge in [-0.15, -0.1) is 0 Å². The van der Waals surface area contributed by atoms with E-state index < -0.39 is 15.6 Å². The highest BCUT2D eigenvalue weighted by Gasteiger charge is 2.20. The van der Waals surface area contributed by atoms with Crippen LogP contribution in [-0.4, -0.2) is 38.5 Å². The number of pyridine rings is 1. The second-order valence-corrected chi connectivity index (χ2v) is 10.4. The van der Waals surface area contributed by atoms with E-state index in [0.29, 0.717) is 33.5 Å². The number of aromatic nitrogens is 1. The minimum Gasteiger partial charge on any atom is -0.497 e. The predicted molar refractivity (Wildman–Crippen MR) is 155 cm³/mol. The summed E-state index contributed by atoms with van der Waals surface area (Å²) in [5, 5.41) is 12.2. The summed E-state index contributed by atoms with van der Waals surface area (Å²) in [5.41, 5.74) is 0.819. The molecule has 9 nitrogen and oxygen atoms in total. The highest BCUT2D eigenvalue weighted by molar-refractivity contribution is 7.92. The number of ether oxygens (including phenoxy) is 2. The molecule has 0 bridgehead atoms. The molecule has 4 aromatic carbocycles. The van der Waals surface area contributed by atoms with Crippen molar-refractivity contribution < 1.29 is 23.0 Å². The number of anilines is 1. The molecule has 0 amide bonds. The van der Waals surface area contributed by atoms with Gasteiger partial charge in [0, 0.05) is 17.0 Å². The molecule has 0 atom stereocenters. The molecule has 0 aliphatic heterocycles.